The van der Waals surface area contributed by atoms with Gasteiger partial charge >= 0.3 is 0 Å². The minimum Gasteiger partial charge on any atom is -0.496 e. The van der Waals surface area contributed by atoms with E-state index in [0.29, 0.717) is 27.7 Å². The first kappa shape index (κ1) is 18.5. The third-order valence-electron chi connectivity index (χ3n) is 3.82. The normalized spacial score (nSPS) is 10.5. The summed E-state index contributed by atoms with van der Waals surface area (Å²) >= 11 is 1.18. The molecule has 0 aliphatic rings. The lowest BCUT2D eigenvalue weighted by Gasteiger charge is -2.06. The van der Waals surface area contributed by atoms with Crippen molar-refractivity contribution in [2.45, 2.75) is 6.92 Å². The van der Waals surface area contributed by atoms with Gasteiger partial charge in [0.1, 0.15) is 11.6 Å². The van der Waals surface area contributed by atoms with Crippen LogP contribution in [0.2, 0.25) is 0 Å². The average molecular weight is 387 g/mol. The molecule has 1 heterocycles. The van der Waals surface area contributed by atoms with Crippen molar-refractivity contribution < 1.29 is 18.8 Å². The number of rotatable bonds is 5. The third-order valence-corrected chi connectivity index (χ3v) is 4.58. The molecule has 0 bridgehead atoms. The van der Waals surface area contributed by atoms with Gasteiger partial charge in [0.2, 0.25) is 0 Å². The van der Waals surface area contributed by atoms with Crippen LogP contribution in [-0.4, -0.2) is 22.9 Å². The summed E-state index contributed by atoms with van der Waals surface area (Å²) in [7, 11) is 1.47. The van der Waals surface area contributed by atoms with Crippen LogP contribution in [0.5, 0.6) is 5.75 Å². The standard InChI is InChI=1S/C18H14FN3O4S/c1-10-7-11(3-5-15(10)22(24)25)17(23)21-18-20-14(9-27-18)13-8-12(19)4-6-16(13)26-2/h3-9H,1-2H3,(H,20,21,23). The Kier molecular flexibility index (Phi) is 5.13. The molecule has 0 saturated carbocycles. The molecule has 7 nitrogen and oxygen atoms in total. The summed E-state index contributed by atoms with van der Waals surface area (Å²) in [6.07, 6.45) is 0. The minimum atomic E-state index is -0.503. The Balaban J connectivity index is 1.82. The molecular weight excluding hydrogens is 373 g/mol. The lowest BCUT2D eigenvalue weighted by molar-refractivity contribution is -0.385. The number of benzene rings is 2. The van der Waals surface area contributed by atoms with E-state index in [4.69, 9.17) is 4.74 Å². The Labute approximate surface area is 157 Å². The number of hydrogen-bond donors (Lipinski definition) is 1. The predicted octanol–water partition coefficient (Wildman–Crippen LogP) is 4.43. The van der Waals surface area contributed by atoms with Gasteiger partial charge < -0.3 is 4.74 Å². The summed E-state index contributed by atoms with van der Waals surface area (Å²) in [5.74, 6) is -0.406. The molecule has 0 spiro atoms. The van der Waals surface area contributed by atoms with Gasteiger partial charge in [-0.05, 0) is 37.3 Å². The largest absolute Gasteiger partial charge is 0.496 e. The van der Waals surface area contributed by atoms with E-state index >= 15 is 0 Å². The van der Waals surface area contributed by atoms with Crippen LogP contribution in [0.4, 0.5) is 15.2 Å². The van der Waals surface area contributed by atoms with Crippen molar-refractivity contribution in [2.75, 3.05) is 12.4 Å². The van der Waals surface area contributed by atoms with E-state index in [1.54, 1.807) is 12.3 Å². The van der Waals surface area contributed by atoms with Crippen LogP contribution < -0.4 is 10.1 Å². The molecule has 27 heavy (non-hydrogen) atoms. The molecule has 0 fully saturated rings. The molecule has 1 aromatic heterocycles. The maximum atomic E-state index is 13.5. The molecule has 0 saturated heterocycles. The summed E-state index contributed by atoms with van der Waals surface area (Å²) in [6.45, 7) is 1.56. The lowest BCUT2D eigenvalue weighted by atomic mass is 10.1. The number of aryl methyl sites for hydroxylation is 1. The van der Waals surface area contributed by atoms with E-state index in [2.05, 4.69) is 10.3 Å². The molecule has 138 valence electrons. The number of ether oxygens (including phenoxy) is 1. The van der Waals surface area contributed by atoms with Gasteiger partial charge in [-0.15, -0.1) is 11.3 Å². The molecule has 1 amide bonds. The molecule has 0 atom stereocenters. The van der Waals surface area contributed by atoms with E-state index in [-0.39, 0.29) is 11.3 Å². The summed E-state index contributed by atoms with van der Waals surface area (Å²) < 4.78 is 18.8. The number of carbonyl (C=O) groups excluding carboxylic acids is 1. The first-order valence-corrected chi connectivity index (χ1v) is 8.63. The highest BCUT2D eigenvalue weighted by atomic mass is 32.1. The number of hydrogen-bond acceptors (Lipinski definition) is 6. The second-order valence-electron chi connectivity index (χ2n) is 5.60. The monoisotopic (exact) mass is 387 g/mol. The third kappa shape index (κ3) is 3.93. The number of nitrogens with one attached hydrogen (secondary N) is 1. The highest BCUT2D eigenvalue weighted by molar-refractivity contribution is 7.14. The number of anilines is 1. The van der Waals surface area contributed by atoms with Crippen LogP contribution in [0.3, 0.4) is 0 Å². The van der Waals surface area contributed by atoms with Crippen molar-refractivity contribution in [1.82, 2.24) is 4.98 Å². The van der Waals surface area contributed by atoms with Crippen LogP contribution >= 0.6 is 11.3 Å². The maximum absolute atomic E-state index is 13.5. The van der Waals surface area contributed by atoms with Crippen LogP contribution in [-0.2, 0) is 0 Å². The number of nitrogens with zero attached hydrogens (tertiary/aromatic N) is 2. The van der Waals surface area contributed by atoms with Crippen molar-refractivity contribution in [3.63, 3.8) is 0 Å². The second-order valence-corrected chi connectivity index (χ2v) is 6.45. The number of carbonyl (C=O) groups is 1. The van der Waals surface area contributed by atoms with Crippen LogP contribution in [0.15, 0.2) is 41.8 Å². The zero-order chi connectivity index (χ0) is 19.6. The molecule has 0 unspecified atom stereocenters. The Morgan fingerprint density at radius 1 is 1.30 bits per heavy atom. The first-order valence-electron chi connectivity index (χ1n) is 7.75. The SMILES string of the molecule is COc1ccc(F)cc1-c1csc(NC(=O)c2ccc([N+](=O)[O-])c(C)c2)n1. The minimum absolute atomic E-state index is 0.0544. The Morgan fingerprint density at radius 3 is 2.74 bits per heavy atom. The molecule has 3 rings (SSSR count). The zero-order valence-corrected chi connectivity index (χ0v) is 15.2. The average Bonchev–Trinajstić information content (AvgIpc) is 3.09. The van der Waals surface area contributed by atoms with E-state index in [1.165, 1.54) is 54.8 Å². The number of methoxy groups -OCH3 is 1. The number of halogens is 1. The van der Waals surface area contributed by atoms with Gasteiger partial charge in [0, 0.05) is 28.1 Å². The summed E-state index contributed by atoms with van der Waals surface area (Å²) in [6, 6.07) is 8.20. The van der Waals surface area contributed by atoms with E-state index in [0.717, 1.165) is 0 Å². The smallest absolute Gasteiger partial charge is 0.272 e. The second kappa shape index (κ2) is 7.50. The number of amides is 1. The highest BCUT2D eigenvalue weighted by Gasteiger charge is 2.16. The van der Waals surface area contributed by atoms with Gasteiger partial charge in [0.05, 0.1) is 17.7 Å². The molecule has 3 aromatic rings. The fourth-order valence-corrected chi connectivity index (χ4v) is 3.21. The Hall–Kier alpha value is -3.33. The van der Waals surface area contributed by atoms with E-state index in [9.17, 15) is 19.3 Å². The molecule has 2 aromatic carbocycles. The van der Waals surface area contributed by atoms with Crippen molar-refractivity contribution in [3.8, 4) is 17.0 Å². The van der Waals surface area contributed by atoms with Gasteiger partial charge in [-0.1, -0.05) is 0 Å². The lowest BCUT2D eigenvalue weighted by Crippen LogP contribution is -2.12. The van der Waals surface area contributed by atoms with Gasteiger partial charge in [0.25, 0.3) is 11.6 Å². The number of nitro benzene ring substituents is 1. The molecule has 0 aliphatic heterocycles. The van der Waals surface area contributed by atoms with Gasteiger partial charge in [-0.2, -0.15) is 0 Å². The zero-order valence-electron chi connectivity index (χ0n) is 14.4. The van der Waals surface area contributed by atoms with Gasteiger partial charge in [0.15, 0.2) is 5.13 Å². The van der Waals surface area contributed by atoms with Crippen molar-refractivity contribution in [2.24, 2.45) is 0 Å². The maximum Gasteiger partial charge on any atom is 0.272 e. The fraction of sp³-hybridized carbons (Fsp3) is 0.111. The van der Waals surface area contributed by atoms with E-state index in [1.807, 2.05) is 0 Å². The Bertz CT molecular complexity index is 1040. The topological polar surface area (TPSA) is 94.4 Å². The van der Waals surface area contributed by atoms with Crippen LogP contribution in [0.25, 0.3) is 11.3 Å². The van der Waals surface area contributed by atoms with Gasteiger partial charge in [-0.25, -0.2) is 9.37 Å². The van der Waals surface area contributed by atoms with Crippen LogP contribution in [0, 0.1) is 22.9 Å². The summed E-state index contributed by atoms with van der Waals surface area (Å²) in [5.41, 5.74) is 1.54. The van der Waals surface area contributed by atoms with Crippen molar-refractivity contribution >= 4 is 28.1 Å². The first-order chi connectivity index (χ1) is 12.9. The molecule has 0 radical (unpaired) electrons. The Morgan fingerprint density at radius 2 is 2.07 bits per heavy atom. The quantitative estimate of drug-likeness (QED) is 0.516. The predicted molar refractivity (Wildman–Crippen MR) is 99.8 cm³/mol. The summed E-state index contributed by atoms with van der Waals surface area (Å²) in [5, 5.41) is 15.5. The van der Waals surface area contributed by atoms with Gasteiger partial charge in [-0.3, -0.25) is 20.2 Å². The van der Waals surface area contributed by atoms with E-state index < -0.39 is 16.6 Å². The molecular formula is C18H14FN3O4S. The highest BCUT2D eigenvalue weighted by Crippen LogP contribution is 2.33. The molecule has 1 N–H and O–H groups in total. The van der Waals surface area contributed by atoms with Crippen LogP contribution in [0.1, 0.15) is 15.9 Å². The fourth-order valence-electron chi connectivity index (χ4n) is 2.51. The molecule has 9 heteroatoms. The number of nitro groups is 1. The van der Waals surface area contributed by atoms with Crippen molar-refractivity contribution in [1.29, 1.82) is 0 Å². The molecule has 0 aliphatic carbocycles. The number of aromatic nitrogens is 1. The van der Waals surface area contributed by atoms with Crippen molar-refractivity contribution in [3.05, 3.63) is 68.8 Å². The summed E-state index contributed by atoms with van der Waals surface area (Å²) in [4.78, 5) is 27.0. The number of thiazole rings is 1.